The Morgan fingerprint density at radius 1 is 1.40 bits per heavy atom. The summed E-state index contributed by atoms with van der Waals surface area (Å²) in [4.78, 5) is 11.7. The van der Waals surface area contributed by atoms with Crippen LogP contribution in [0.4, 0.5) is 0 Å². The van der Waals surface area contributed by atoms with Crippen molar-refractivity contribution >= 4 is 5.91 Å². The van der Waals surface area contributed by atoms with Crippen LogP contribution in [-0.4, -0.2) is 28.3 Å². The van der Waals surface area contributed by atoms with Crippen molar-refractivity contribution < 1.29 is 4.79 Å². The summed E-state index contributed by atoms with van der Waals surface area (Å²) < 4.78 is 1.82. The average molecular weight is 272 g/mol. The van der Waals surface area contributed by atoms with Crippen LogP contribution in [-0.2, 0) is 11.2 Å². The summed E-state index contributed by atoms with van der Waals surface area (Å²) >= 11 is 0. The number of aryl methyl sites for hydroxylation is 1. The van der Waals surface area contributed by atoms with Gasteiger partial charge >= 0.3 is 0 Å². The molecule has 20 heavy (non-hydrogen) atoms. The third kappa shape index (κ3) is 3.93. The Balaban J connectivity index is 1.89. The highest BCUT2D eigenvalue weighted by Crippen LogP contribution is 2.09. The van der Waals surface area contributed by atoms with Gasteiger partial charge in [0.05, 0.1) is 11.9 Å². The first-order valence-corrected chi connectivity index (χ1v) is 6.77. The van der Waals surface area contributed by atoms with Gasteiger partial charge in [-0.3, -0.25) is 4.79 Å². The van der Waals surface area contributed by atoms with Crippen molar-refractivity contribution in [1.82, 2.24) is 15.1 Å². The van der Waals surface area contributed by atoms with Gasteiger partial charge in [-0.05, 0) is 31.0 Å². The predicted molar refractivity (Wildman–Crippen MR) is 78.5 cm³/mol. The molecule has 1 amide bonds. The normalized spacial score (nSPS) is 12.1. The van der Waals surface area contributed by atoms with E-state index in [4.69, 9.17) is 5.73 Å². The molecule has 1 heterocycles. The zero-order valence-electron chi connectivity index (χ0n) is 11.6. The molecule has 106 valence electrons. The lowest BCUT2D eigenvalue weighted by molar-refractivity contribution is -0.121. The molecule has 0 aliphatic heterocycles. The standard InChI is InChI=1S/C15H20N4O/c1-12(9-16)18-15(20)8-7-13-10-17-19(11-13)14-5-3-2-4-6-14/h2-6,10-12H,7-9,16H2,1H3,(H,18,20)/t12-/m0/s1. The number of rotatable bonds is 6. The highest BCUT2D eigenvalue weighted by molar-refractivity contribution is 5.76. The molecule has 5 heteroatoms. The van der Waals surface area contributed by atoms with Crippen molar-refractivity contribution in [2.45, 2.75) is 25.8 Å². The molecular weight excluding hydrogens is 252 g/mol. The summed E-state index contributed by atoms with van der Waals surface area (Å²) in [6, 6.07) is 9.92. The molecule has 0 radical (unpaired) electrons. The highest BCUT2D eigenvalue weighted by Gasteiger charge is 2.07. The van der Waals surface area contributed by atoms with Crippen LogP contribution in [0.1, 0.15) is 18.9 Å². The number of nitrogens with one attached hydrogen (secondary N) is 1. The van der Waals surface area contributed by atoms with Gasteiger partial charge in [0, 0.05) is 25.2 Å². The molecule has 2 rings (SSSR count). The van der Waals surface area contributed by atoms with E-state index >= 15 is 0 Å². The number of nitrogens with zero attached hydrogens (tertiary/aromatic N) is 2. The fraction of sp³-hybridized carbons (Fsp3) is 0.333. The van der Waals surface area contributed by atoms with E-state index in [-0.39, 0.29) is 11.9 Å². The second-order valence-electron chi connectivity index (χ2n) is 4.83. The average Bonchev–Trinajstić information content (AvgIpc) is 2.95. The predicted octanol–water partition coefficient (Wildman–Crippen LogP) is 1.27. The zero-order chi connectivity index (χ0) is 14.4. The second-order valence-corrected chi connectivity index (χ2v) is 4.83. The van der Waals surface area contributed by atoms with Crippen molar-refractivity contribution in [3.8, 4) is 5.69 Å². The number of hydrogen-bond donors (Lipinski definition) is 2. The van der Waals surface area contributed by atoms with Crippen LogP contribution in [0.15, 0.2) is 42.7 Å². The maximum absolute atomic E-state index is 11.7. The van der Waals surface area contributed by atoms with Gasteiger partial charge in [0.1, 0.15) is 0 Å². The summed E-state index contributed by atoms with van der Waals surface area (Å²) in [7, 11) is 0. The topological polar surface area (TPSA) is 72.9 Å². The lowest BCUT2D eigenvalue weighted by Gasteiger charge is -2.10. The zero-order valence-corrected chi connectivity index (χ0v) is 11.6. The smallest absolute Gasteiger partial charge is 0.220 e. The number of benzene rings is 1. The van der Waals surface area contributed by atoms with Crippen LogP contribution in [0.3, 0.4) is 0 Å². The quantitative estimate of drug-likeness (QED) is 0.831. The number of para-hydroxylation sites is 1. The Morgan fingerprint density at radius 2 is 2.15 bits per heavy atom. The number of carbonyl (C=O) groups excluding carboxylic acids is 1. The van der Waals surface area contributed by atoms with Gasteiger partial charge in [-0.25, -0.2) is 4.68 Å². The van der Waals surface area contributed by atoms with Crippen molar-refractivity contribution in [2.24, 2.45) is 5.73 Å². The van der Waals surface area contributed by atoms with E-state index in [2.05, 4.69) is 10.4 Å². The lowest BCUT2D eigenvalue weighted by atomic mass is 10.2. The minimum atomic E-state index is 0.0227. The van der Waals surface area contributed by atoms with Gasteiger partial charge in [0.25, 0.3) is 0 Å². The van der Waals surface area contributed by atoms with E-state index in [1.165, 1.54) is 0 Å². The van der Waals surface area contributed by atoms with Crippen LogP contribution < -0.4 is 11.1 Å². The molecule has 0 saturated carbocycles. The Labute approximate surface area is 118 Å². The molecule has 0 bridgehead atoms. The summed E-state index contributed by atoms with van der Waals surface area (Å²) in [5.41, 5.74) is 7.53. The number of amides is 1. The van der Waals surface area contributed by atoms with Crippen LogP contribution in [0.5, 0.6) is 0 Å². The Bertz CT molecular complexity index is 550. The molecule has 0 aliphatic carbocycles. The van der Waals surface area contributed by atoms with Crippen molar-refractivity contribution in [1.29, 1.82) is 0 Å². The number of aromatic nitrogens is 2. The van der Waals surface area contributed by atoms with E-state index in [0.717, 1.165) is 11.3 Å². The SMILES string of the molecule is C[C@@H](CN)NC(=O)CCc1cnn(-c2ccccc2)c1. The Kier molecular flexibility index (Phi) is 4.90. The van der Waals surface area contributed by atoms with Crippen molar-refractivity contribution in [2.75, 3.05) is 6.54 Å². The maximum atomic E-state index is 11.7. The number of hydrogen-bond acceptors (Lipinski definition) is 3. The molecule has 0 unspecified atom stereocenters. The summed E-state index contributed by atoms with van der Waals surface area (Å²) in [5.74, 6) is 0.0235. The Hall–Kier alpha value is -2.14. The number of carbonyl (C=O) groups is 1. The molecule has 5 nitrogen and oxygen atoms in total. The van der Waals surface area contributed by atoms with Gasteiger partial charge in [-0.2, -0.15) is 5.10 Å². The number of nitrogens with two attached hydrogens (primary N) is 1. The maximum Gasteiger partial charge on any atom is 0.220 e. The monoisotopic (exact) mass is 272 g/mol. The molecule has 0 spiro atoms. The van der Waals surface area contributed by atoms with Crippen LogP contribution in [0.2, 0.25) is 0 Å². The fourth-order valence-corrected chi connectivity index (χ4v) is 1.87. The van der Waals surface area contributed by atoms with E-state index in [0.29, 0.717) is 19.4 Å². The molecule has 0 aliphatic rings. The van der Waals surface area contributed by atoms with Gasteiger partial charge < -0.3 is 11.1 Å². The first-order chi connectivity index (χ1) is 9.69. The highest BCUT2D eigenvalue weighted by atomic mass is 16.1. The molecule has 1 atom stereocenters. The minimum absolute atomic E-state index is 0.0227. The summed E-state index contributed by atoms with van der Waals surface area (Å²) in [6.07, 6.45) is 4.88. The van der Waals surface area contributed by atoms with Gasteiger partial charge in [-0.1, -0.05) is 18.2 Å². The molecule has 3 N–H and O–H groups in total. The molecular formula is C15H20N4O. The lowest BCUT2D eigenvalue weighted by Crippen LogP contribution is -2.37. The molecule has 1 aromatic carbocycles. The van der Waals surface area contributed by atoms with E-state index in [1.807, 2.05) is 48.1 Å². The van der Waals surface area contributed by atoms with E-state index < -0.39 is 0 Å². The summed E-state index contributed by atoms with van der Waals surface area (Å²) in [6.45, 7) is 2.35. The minimum Gasteiger partial charge on any atom is -0.352 e. The van der Waals surface area contributed by atoms with Gasteiger partial charge in [0.15, 0.2) is 0 Å². The third-order valence-corrected chi connectivity index (χ3v) is 3.06. The third-order valence-electron chi connectivity index (χ3n) is 3.06. The summed E-state index contributed by atoms with van der Waals surface area (Å²) in [5, 5.41) is 7.15. The molecule has 0 fully saturated rings. The first kappa shape index (κ1) is 14.3. The molecule has 2 aromatic rings. The Morgan fingerprint density at radius 3 is 2.85 bits per heavy atom. The van der Waals surface area contributed by atoms with Crippen LogP contribution >= 0.6 is 0 Å². The van der Waals surface area contributed by atoms with Crippen molar-refractivity contribution in [3.05, 3.63) is 48.3 Å². The van der Waals surface area contributed by atoms with E-state index in [9.17, 15) is 4.79 Å². The fourth-order valence-electron chi connectivity index (χ4n) is 1.87. The van der Waals surface area contributed by atoms with Gasteiger partial charge in [-0.15, -0.1) is 0 Å². The molecule has 1 aromatic heterocycles. The second kappa shape index (κ2) is 6.86. The van der Waals surface area contributed by atoms with Gasteiger partial charge in [0.2, 0.25) is 5.91 Å². The van der Waals surface area contributed by atoms with Crippen molar-refractivity contribution in [3.63, 3.8) is 0 Å². The largest absolute Gasteiger partial charge is 0.352 e. The molecule has 0 saturated heterocycles. The van der Waals surface area contributed by atoms with Crippen LogP contribution in [0, 0.1) is 0 Å². The van der Waals surface area contributed by atoms with Crippen LogP contribution in [0.25, 0.3) is 5.69 Å². The van der Waals surface area contributed by atoms with E-state index in [1.54, 1.807) is 6.20 Å². The first-order valence-electron chi connectivity index (χ1n) is 6.77.